The van der Waals surface area contributed by atoms with Gasteiger partial charge in [-0.1, -0.05) is 60.7 Å². The Morgan fingerprint density at radius 2 is 1.44 bits per heavy atom. The number of nitrogens with one attached hydrogen (secondary N) is 1. The lowest BCUT2D eigenvalue weighted by Gasteiger charge is -2.35. The van der Waals surface area contributed by atoms with Crippen LogP contribution in [0.5, 0.6) is 0 Å². The zero-order valence-corrected chi connectivity index (χ0v) is 24.2. The fourth-order valence-corrected chi connectivity index (χ4v) is 6.22. The Morgan fingerprint density at radius 1 is 0.767 bits per heavy atom. The SMILES string of the molecule is O=C(NCCOCCOCCN1CCN(c2ccn3c(n2)nc2ccccc23)CC1)C1c2ccccc2-c2ccccc21. The average molecular weight is 577 g/mol. The van der Waals surface area contributed by atoms with Crippen LogP contribution in [0, 0.1) is 0 Å². The van der Waals surface area contributed by atoms with Gasteiger partial charge in [0.15, 0.2) is 0 Å². The van der Waals surface area contributed by atoms with Gasteiger partial charge in [-0.25, -0.2) is 4.98 Å². The third-order valence-electron chi connectivity index (χ3n) is 8.43. The molecule has 0 bridgehead atoms. The van der Waals surface area contributed by atoms with E-state index in [-0.39, 0.29) is 11.8 Å². The molecule has 0 radical (unpaired) electrons. The van der Waals surface area contributed by atoms with Gasteiger partial charge >= 0.3 is 0 Å². The number of hydrogen-bond acceptors (Lipinski definition) is 7. The van der Waals surface area contributed by atoms with Crippen molar-refractivity contribution in [2.75, 3.05) is 70.6 Å². The number of piperazine rings is 1. The number of fused-ring (bicyclic) bond motifs is 6. The van der Waals surface area contributed by atoms with E-state index in [0.717, 1.165) is 77.6 Å². The van der Waals surface area contributed by atoms with E-state index in [2.05, 4.69) is 50.6 Å². The molecule has 1 aliphatic heterocycles. The molecule has 0 atom stereocenters. The molecule has 0 saturated carbocycles. The zero-order valence-electron chi connectivity index (χ0n) is 24.2. The van der Waals surface area contributed by atoms with Crippen molar-refractivity contribution in [3.05, 3.63) is 96.2 Å². The standard InChI is InChI=1S/C34H36N6O3/c41-33(32-27-9-3-1-7-25(27)26-8-2-4-10-28(26)32)35-14-21-42-23-24-43-22-20-38-16-18-39(19-17-38)31-13-15-40-30-12-6-5-11-29(30)36-34(40)37-31/h1-13,15,32H,14,16-24H2,(H,35,41). The fourth-order valence-electron chi connectivity index (χ4n) is 6.22. The second kappa shape index (κ2) is 12.5. The summed E-state index contributed by atoms with van der Waals surface area (Å²) in [6, 6.07) is 26.5. The van der Waals surface area contributed by atoms with Crippen LogP contribution in [0.1, 0.15) is 17.0 Å². The van der Waals surface area contributed by atoms with Crippen molar-refractivity contribution >= 4 is 28.5 Å². The number of benzene rings is 3. The molecule has 9 heteroatoms. The molecule has 1 saturated heterocycles. The lowest BCUT2D eigenvalue weighted by molar-refractivity contribution is -0.121. The molecular weight excluding hydrogens is 540 g/mol. The molecule has 0 unspecified atom stereocenters. The summed E-state index contributed by atoms with van der Waals surface area (Å²) in [5, 5.41) is 3.06. The zero-order chi connectivity index (χ0) is 29.0. The first-order chi connectivity index (χ1) is 21.3. The maximum Gasteiger partial charge on any atom is 0.236 e. The molecular formula is C34H36N6O3. The number of para-hydroxylation sites is 2. The highest BCUT2D eigenvalue weighted by Crippen LogP contribution is 2.44. The summed E-state index contributed by atoms with van der Waals surface area (Å²) >= 11 is 0. The highest BCUT2D eigenvalue weighted by Gasteiger charge is 2.33. The van der Waals surface area contributed by atoms with E-state index in [1.165, 1.54) is 0 Å². The number of hydrogen-bond donors (Lipinski definition) is 1. The van der Waals surface area contributed by atoms with Gasteiger partial charge in [-0.05, 0) is 40.5 Å². The first-order valence-corrected chi connectivity index (χ1v) is 15.1. The molecule has 3 heterocycles. The van der Waals surface area contributed by atoms with E-state index in [0.29, 0.717) is 33.0 Å². The van der Waals surface area contributed by atoms with E-state index < -0.39 is 0 Å². The highest BCUT2D eigenvalue weighted by molar-refractivity contribution is 5.96. The molecule has 2 aromatic heterocycles. The quantitative estimate of drug-likeness (QED) is 0.238. The maximum atomic E-state index is 13.1. The smallest absolute Gasteiger partial charge is 0.236 e. The molecule has 9 nitrogen and oxygen atoms in total. The van der Waals surface area contributed by atoms with Crippen LogP contribution < -0.4 is 10.2 Å². The van der Waals surface area contributed by atoms with Gasteiger partial charge < -0.3 is 19.7 Å². The Balaban J connectivity index is 0.776. The van der Waals surface area contributed by atoms with E-state index in [1.54, 1.807) is 0 Å². The Labute approximate surface area is 251 Å². The normalized spacial score (nSPS) is 15.2. The number of amides is 1. The first kappa shape index (κ1) is 27.5. The summed E-state index contributed by atoms with van der Waals surface area (Å²) < 4.78 is 13.6. The monoisotopic (exact) mass is 576 g/mol. The largest absolute Gasteiger partial charge is 0.378 e. The van der Waals surface area contributed by atoms with Gasteiger partial charge in [0, 0.05) is 45.5 Å². The van der Waals surface area contributed by atoms with Crippen LogP contribution in [0.4, 0.5) is 5.82 Å². The van der Waals surface area contributed by atoms with Crippen LogP contribution in [0.15, 0.2) is 85.1 Å². The van der Waals surface area contributed by atoms with Gasteiger partial charge in [0.2, 0.25) is 11.7 Å². The molecule has 7 rings (SSSR count). The van der Waals surface area contributed by atoms with Crippen molar-refractivity contribution in [2.45, 2.75) is 5.92 Å². The molecule has 1 amide bonds. The highest BCUT2D eigenvalue weighted by atomic mass is 16.5. The summed E-state index contributed by atoms with van der Waals surface area (Å²) in [5.74, 6) is 1.47. The van der Waals surface area contributed by atoms with Gasteiger partial charge in [0.1, 0.15) is 5.82 Å². The van der Waals surface area contributed by atoms with Crippen molar-refractivity contribution < 1.29 is 14.3 Å². The van der Waals surface area contributed by atoms with E-state index in [1.807, 2.05) is 59.0 Å². The summed E-state index contributed by atoms with van der Waals surface area (Å²) in [4.78, 5) is 27.3. The van der Waals surface area contributed by atoms with Crippen molar-refractivity contribution in [1.29, 1.82) is 0 Å². The Morgan fingerprint density at radius 3 is 2.21 bits per heavy atom. The molecule has 220 valence electrons. The molecule has 0 spiro atoms. The summed E-state index contributed by atoms with van der Waals surface area (Å²) in [7, 11) is 0. The van der Waals surface area contributed by atoms with Crippen LogP contribution in [0.25, 0.3) is 27.9 Å². The number of imidazole rings is 1. The number of carbonyl (C=O) groups excluding carboxylic acids is 1. The van der Waals surface area contributed by atoms with Gasteiger partial charge in [0.05, 0.1) is 43.4 Å². The number of aromatic nitrogens is 3. The van der Waals surface area contributed by atoms with Crippen molar-refractivity contribution in [1.82, 2.24) is 24.6 Å². The molecule has 43 heavy (non-hydrogen) atoms. The molecule has 2 aliphatic rings. The van der Waals surface area contributed by atoms with Gasteiger partial charge in [-0.2, -0.15) is 4.98 Å². The van der Waals surface area contributed by atoms with E-state index in [4.69, 9.17) is 14.5 Å². The van der Waals surface area contributed by atoms with E-state index in [9.17, 15) is 4.79 Å². The first-order valence-electron chi connectivity index (χ1n) is 15.1. The second-order valence-electron chi connectivity index (χ2n) is 11.0. The van der Waals surface area contributed by atoms with Crippen molar-refractivity contribution in [3.63, 3.8) is 0 Å². The summed E-state index contributed by atoms with van der Waals surface area (Å²) in [6.07, 6.45) is 2.07. The van der Waals surface area contributed by atoms with Crippen LogP contribution in [0.2, 0.25) is 0 Å². The predicted octanol–water partition coefficient (Wildman–Crippen LogP) is 3.97. The number of nitrogens with zero attached hydrogens (tertiary/aromatic N) is 5. The summed E-state index contributed by atoms with van der Waals surface area (Å²) in [5.41, 5.74) is 6.47. The minimum atomic E-state index is -0.269. The number of ether oxygens (including phenoxy) is 2. The maximum absolute atomic E-state index is 13.1. The number of anilines is 1. The van der Waals surface area contributed by atoms with Gasteiger partial charge in [-0.3, -0.25) is 14.1 Å². The Kier molecular flexibility index (Phi) is 8.00. The lowest BCUT2D eigenvalue weighted by atomic mass is 9.96. The third kappa shape index (κ3) is 5.71. The summed E-state index contributed by atoms with van der Waals surface area (Å²) in [6.45, 7) is 7.35. The van der Waals surface area contributed by atoms with E-state index >= 15 is 0 Å². The Hall–Kier alpha value is -4.31. The second-order valence-corrected chi connectivity index (χ2v) is 11.0. The molecule has 1 aliphatic carbocycles. The molecule has 5 aromatic rings. The van der Waals surface area contributed by atoms with Crippen molar-refractivity contribution in [2.24, 2.45) is 0 Å². The Bertz CT molecular complexity index is 1680. The molecule has 1 N–H and O–H groups in total. The van der Waals surface area contributed by atoms with Crippen LogP contribution in [-0.4, -0.2) is 90.9 Å². The van der Waals surface area contributed by atoms with Crippen LogP contribution in [-0.2, 0) is 14.3 Å². The van der Waals surface area contributed by atoms with Crippen LogP contribution >= 0.6 is 0 Å². The topological polar surface area (TPSA) is 84.2 Å². The van der Waals surface area contributed by atoms with Gasteiger partial charge in [-0.15, -0.1) is 0 Å². The average Bonchev–Trinajstić information content (AvgIpc) is 3.59. The lowest BCUT2D eigenvalue weighted by Crippen LogP contribution is -2.47. The number of rotatable bonds is 11. The fraction of sp³-hybridized carbons (Fsp3) is 0.324. The van der Waals surface area contributed by atoms with Crippen LogP contribution in [0.3, 0.4) is 0 Å². The van der Waals surface area contributed by atoms with Gasteiger partial charge in [0.25, 0.3) is 0 Å². The molecule has 3 aromatic carbocycles. The third-order valence-corrected chi connectivity index (χ3v) is 8.43. The minimum Gasteiger partial charge on any atom is -0.378 e. The molecule has 1 fully saturated rings. The minimum absolute atomic E-state index is 0.0174. The van der Waals surface area contributed by atoms with Crippen molar-refractivity contribution in [3.8, 4) is 11.1 Å². The predicted molar refractivity (Wildman–Crippen MR) is 168 cm³/mol. The number of carbonyl (C=O) groups is 1.